The molecule has 2 aliphatic carbocycles. The minimum absolute atomic E-state index is 0.0229. The molecule has 4 atom stereocenters. The zero-order valence-electron chi connectivity index (χ0n) is 23.3. The lowest BCUT2D eigenvalue weighted by atomic mass is 9.68. The number of para-hydroxylation sites is 2. The molecule has 9 heteroatoms. The third-order valence-corrected chi connectivity index (χ3v) is 9.90. The Morgan fingerprint density at radius 1 is 0.925 bits per heavy atom. The van der Waals surface area contributed by atoms with E-state index in [1.54, 1.807) is 0 Å². The number of benzene rings is 1. The van der Waals surface area contributed by atoms with Crippen LogP contribution >= 0.6 is 0 Å². The molecule has 1 aromatic heterocycles. The lowest BCUT2D eigenvalue weighted by Gasteiger charge is -2.55. The molecule has 4 fully saturated rings. The first-order valence-electron chi connectivity index (χ1n) is 15.3. The summed E-state index contributed by atoms with van der Waals surface area (Å²) in [5, 5.41) is 22.5. The fourth-order valence-corrected chi connectivity index (χ4v) is 8.44. The summed E-state index contributed by atoms with van der Waals surface area (Å²) in [6, 6.07) is 9.41. The summed E-state index contributed by atoms with van der Waals surface area (Å²) in [7, 11) is 0. The first kappa shape index (κ1) is 27.4. The van der Waals surface area contributed by atoms with Gasteiger partial charge in [0.1, 0.15) is 12.3 Å². The number of aliphatic hydroxyl groups excluding tert-OH is 1. The Morgan fingerprint density at radius 2 is 1.62 bits per heavy atom. The number of carboxylic acids is 1. The lowest BCUT2D eigenvalue weighted by molar-refractivity contribution is -0.136. The molecule has 2 saturated heterocycles. The molecule has 1 aromatic carbocycles. The van der Waals surface area contributed by atoms with E-state index in [0.29, 0.717) is 23.6 Å². The van der Waals surface area contributed by atoms with Crippen LogP contribution < -0.4 is 5.56 Å². The number of carbonyl (C=O) groups is 1. The number of rotatable bonds is 9. The molecule has 2 saturated carbocycles. The first-order valence-corrected chi connectivity index (χ1v) is 15.3. The van der Waals surface area contributed by atoms with Crippen molar-refractivity contribution in [1.29, 1.82) is 0 Å². The molecule has 2 aromatic rings. The average molecular weight is 551 g/mol. The molecule has 4 bridgehead atoms. The summed E-state index contributed by atoms with van der Waals surface area (Å²) in [6.45, 7) is -0.266. The minimum atomic E-state index is -0.983. The Labute approximate surface area is 235 Å². The highest BCUT2D eigenvalue weighted by Gasteiger charge is 2.45. The van der Waals surface area contributed by atoms with Crippen molar-refractivity contribution < 1.29 is 19.8 Å². The van der Waals surface area contributed by atoms with E-state index < -0.39 is 5.97 Å². The topological polar surface area (TPSA) is 117 Å². The van der Waals surface area contributed by atoms with E-state index in [-0.39, 0.29) is 49.1 Å². The van der Waals surface area contributed by atoms with Crippen molar-refractivity contribution in [2.45, 2.75) is 108 Å². The van der Waals surface area contributed by atoms with E-state index in [4.69, 9.17) is 9.94 Å². The predicted octanol–water partition coefficient (Wildman–Crippen LogP) is 4.50. The van der Waals surface area contributed by atoms with E-state index in [1.807, 2.05) is 28.8 Å². The van der Waals surface area contributed by atoms with E-state index in [0.717, 1.165) is 30.2 Å². The molecule has 0 radical (unpaired) electrons. The second-order valence-electron chi connectivity index (χ2n) is 12.4. The number of hydrogen-bond donors (Lipinski definition) is 2. The zero-order chi connectivity index (χ0) is 27.6. The van der Waals surface area contributed by atoms with Crippen LogP contribution in [0, 0.1) is 11.8 Å². The third-order valence-electron chi connectivity index (χ3n) is 9.90. The van der Waals surface area contributed by atoms with Gasteiger partial charge in [0, 0.05) is 30.6 Å². The van der Waals surface area contributed by atoms with Crippen LogP contribution in [0.1, 0.15) is 95.2 Å². The molecular formula is C31H42N4O5. The number of fused-ring (bicyclic) bond motifs is 5. The molecule has 9 nitrogen and oxygen atoms in total. The Hall–Kier alpha value is -2.78. The van der Waals surface area contributed by atoms with Crippen LogP contribution in [0.3, 0.4) is 0 Å². The lowest BCUT2D eigenvalue weighted by Crippen LogP contribution is -2.58. The van der Waals surface area contributed by atoms with Crippen LogP contribution in [0.4, 0.5) is 0 Å². The predicted molar refractivity (Wildman–Crippen MR) is 152 cm³/mol. The highest BCUT2D eigenvalue weighted by atomic mass is 16.6. The number of aromatic nitrogens is 2. The Balaban J connectivity index is 1.34. The van der Waals surface area contributed by atoms with Gasteiger partial charge < -0.3 is 19.6 Å². The maximum absolute atomic E-state index is 14.2. The van der Waals surface area contributed by atoms with Crippen molar-refractivity contribution in [3.05, 3.63) is 40.3 Å². The molecule has 0 spiro atoms. The van der Waals surface area contributed by atoms with Crippen molar-refractivity contribution in [2.75, 3.05) is 13.2 Å². The minimum Gasteiger partial charge on any atom is -0.481 e. The number of oxime groups is 1. The Kier molecular flexibility index (Phi) is 8.21. The van der Waals surface area contributed by atoms with Gasteiger partial charge >= 0.3 is 5.97 Å². The van der Waals surface area contributed by atoms with E-state index in [2.05, 4.69) is 15.0 Å². The highest BCUT2D eigenvalue weighted by molar-refractivity contribution is 6.00. The molecule has 2 aliphatic heterocycles. The standard InChI is InChI=1S/C31H42N4O5/c36-13-14-40-33-27(11-12-29(37)38)30-31(39)35(28-10-2-1-9-26(28)32-30)25-18-22-7-4-8-23(19-25)34(22)24-16-20-5-3-6-21(15-20)17-24/h1-2,9-10,20-25,36H,3-8,11-19H2,(H,37,38). The number of carboxylic acid groups (broad SMARTS) is 1. The Bertz CT molecular complexity index is 1280. The summed E-state index contributed by atoms with van der Waals surface area (Å²) in [6.07, 6.45) is 13.6. The molecule has 4 aliphatic rings. The smallest absolute Gasteiger partial charge is 0.303 e. The monoisotopic (exact) mass is 550 g/mol. The van der Waals surface area contributed by atoms with Gasteiger partial charge in [-0.15, -0.1) is 0 Å². The first-order chi connectivity index (χ1) is 19.5. The van der Waals surface area contributed by atoms with Gasteiger partial charge in [0.2, 0.25) is 0 Å². The molecule has 40 heavy (non-hydrogen) atoms. The van der Waals surface area contributed by atoms with Crippen molar-refractivity contribution in [2.24, 2.45) is 17.0 Å². The summed E-state index contributed by atoms with van der Waals surface area (Å²) in [5.41, 5.74) is 1.63. The van der Waals surface area contributed by atoms with E-state index in [1.165, 1.54) is 57.8 Å². The van der Waals surface area contributed by atoms with Crippen molar-refractivity contribution >= 4 is 22.7 Å². The van der Waals surface area contributed by atoms with E-state index >= 15 is 0 Å². The summed E-state index contributed by atoms with van der Waals surface area (Å²) < 4.78 is 1.93. The number of aliphatic carboxylic acids is 1. The summed E-state index contributed by atoms with van der Waals surface area (Å²) in [4.78, 5) is 38.3. The molecule has 0 amide bonds. The van der Waals surface area contributed by atoms with Crippen molar-refractivity contribution in [3.8, 4) is 0 Å². The van der Waals surface area contributed by atoms with E-state index in [9.17, 15) is 14.7 Å². The highest BCUT2D eigenvalue weighted by Crippen LogP contribution is 2.47. The number of aliphatic hydroxyl groups is 1. The van der Waals surface area contributed by atoms with Gasteiger partial charge in [0.05, 0.1) is 24.1 Å². The van der Waals surface area contributed by atoms with Crippen LogP contribution in [-0.2, 0) is 9.63 Å². The van der Waals surface area contributed by atoms with Crippen LogP contribution in [0.25, 0.3) is 11.0 Å². The maximum atomic E-state index is 14.2. The number of nitrogens with zero attached hydrogens (tertiary/aromatic N) is 4. The molecular weight excluding hydrogens is 508 g/mol. The zero-order valence-corrected chi connectivity index (χ0v) is 23.3. The molecule has 2 N–H and O–H groups in total. The number of piperidine rings is 2. The molecule has 3 heterocycles. The number of hydrogen-bond acceptors (Lipinski definition) is 7. The molecule has 216 valence electrons. The fraction of sp³-hybridized carbons (Fsp3) is 0.677. The van der Waals surface area contributed by atoms with Crippen molar-refractivity contribution in [3.63, 3.8) is 0 Å². The SMILES string of the molecule is O=C(O)CCC(=NOCCO)c1nc2ccccc2n(C2CC3CCCC(C2)N3C2CC3CCCC(C3)C2)c1=O. The van der Waals surface area contributed by atoms with Gasteiger partial charge in [-0.3, -0.25) is 14.5 Å². The van der Waals surface area contributed by atoms with Gasteiger partial charge in [-0.2, -0.15) is 0 Å². The van der Waals surface area contributed by atoms with Crippen LogP contribution in [0.2, 0.25) is 0 Å². The maximum Gasteiger partial charge on any atom is 0.303 e. The third kappa shape index (κ3) is 5.55. The summed E-state index contributed by atoms with van der Waals surface area (Å²) >= 11 is 0. The average Bonchev–Trinajstić information content (AvgIpc) is 2.94. The van der Waals surface area contributed by atoms with Gasteiger partial charge in [0.25, 0.3) is 5.56 Å². The van der Waals surface area contributed by atoms with Crippen LogP contribution in [0.15, 0.2) is 34.2 Å². The molecule has 4 unspecified atom stereocenters. The van der Waals surface area contributed by atoms with Gasteiger partial charge in [-0.05, 0) is 68.9 Å². The Morgan fingerprint density at radius 3 is 2.33 bits per heavy atom. The molecule has 6 rings (SSSR count). The van der Waals surface area contributed by atoms with Gasteiger partial charge in [-0.25, -0.2) is 4.98 Å². The van der Waals surface area contributed by atoms with Gasteiger partial charge in [-0.1, -0.05) is 43.0 Å². The second-order valence-corrected chi connectivity index (χ2v) is 12.4. The van der Waals surface area contributed by atoms with Crippen molar-refractivity contribution in [1.82, 2.24) is 14.5 Å². The van der Waals surface area contributed by atoms with Gasteiger partial charge in [0.15, 0.2) is 5.69 Å². The van der Waals surface area contributed by atoms with Crippen LogP contribution in [-0.4, -0.2) is 67.7 Å². The largest absolute Gasteiger partial charge is 0.481 e. The fourth-order valence-electron chi connectivity index (χ4n) is 8.44. The second kappa shape index (κ2) is 12.0. The summed E-state index contributed by atoms with van der Waals surface area (Å²) in [5.74, 6) is 0.798. The quantitative estimate of drug-likeness (QED) is 0.268. The normalized spacial score (nSPS) is 30.8. The van der Waals surface area contributed by atoms with Crippen LogP contribution in [0.5, 0.6) is 0 Å².